The molecule has 1 saturated carbocycles. The average molecular weight is 330 g/mol. The normalized spacial score (nSPS) is 21.0. The van der Waals surface area contributed by atoms with Crippen molar-refractivity contribution in [3.05, 3.63) is 35.3 Å². The molecule has 1 aromatic heterocycles. The Morgan fingerprint density at radius 3 is 2.70 bits per heavy atom. The van der Waals surface area contributed by atoms with Crippen molar-refractivity contribution in [3.63, 3.8) is 0 Å². The molecule has 1 fully saturated rings. The zero-order valence-corrected chi connectivity index (χ0v) is 14.4. The molecule has 3 rings (SSSR count). The predicted octanol–water partition coefficient (Wildman–Crippen LogP) is 4.13. The first kappa shape index (κ1) is 16.0. The predicted molar refractivity (Wildman–Crippen MR) is 93.0 cm³/mol. The number of ether oxygens (including phenoxy) is 1. The Bertz CT molecular complexity index is 666. The lowest BCUT2D eigenvalue weighted by molar-refractivity contribution is 0.0906. The van der Waals surface area contributed by atoms with Crippen LogP contribution in [0.25, 0.3) is 10.6 Å². The number of rotatable bonds is 4. The van der Waals surface area contributed by atoms with Crippen molar-refractivity contribution in [1.29, 1.82) is 0 Å². The number of hydrogen-bond donors (Lipinski definition) is 1. The molecule has 1 aliphatic rings. The van der Waals surface area contributed by atoms with Crippen molar-refractivity contribution < 1.29 is 9.53 Å². The Morgan fingerprint density at radius 1 is 1.26 bits per heavy atom. The van der Waals surface area contributed by atoms with Crippen LogP contribution in [0, 0.1) is 5.92 Å². The van der Waals surface area contributed by atoms with Crippen LogP contribution in [0.15, 0.2) is 29.6 Å². The third kappa shape index (κ3) is 3.72. The molecular weight excluding hydrogens is 308 g/mol. The van der Waals surface area contributed by atoms with Crippen molar-refractivity contribution >= 4 is 17.2 Å². The number of aromatic nitrogens is 1. The van der Waals surface area contributed by atoms with E-state index in [0.717, 1.165) is 22.7 Å². The van der Waals surface area contributed by atoms with E-state index in [0.29, 0.717) is 11.6 Å². The Kier molecular flexibility index (Phi) is 4.96. The molecular formula is C18H22N2O2S. The number of hydrogen-bond acceptors (Lipinski definition) is 4. The van der Waals surface area contributed by atoms with E-state index < -0.39 is 0 Å². The number of carbonyl (C=O) groups excluding carboxylic acids is 1. The SMILES string of the molecule is COc1ccc(-c2nc(C(=O)N[C@H]3CCCC[C@@H]3C)cs2)cc1. The van der Waals surface area contributed by atoms with Crippen LogP contribution in [-0.4, -0.2) is 24.0 Å². The summed E-state index contributed by atoms with van der Waals surface area (Å²) in [6.45, 7) is 2.22. The number of nitrogens with zero attached hydrogens (tertiary/aromatic N) is 1. The maximum atomic E-state index is 12.4. The summed E-state index contributed by atoms with van der Waals surface area (Å²) in [5.41, 5.74) is 1.51. The maximum Gasteiger partial charge on any atom is 0.271 e. The fourth-order valence-corrected chi connectivity index (χ4v) is 3.82. The second kappa shape index (κ2) is 7.13. The van der Waals surface area contributed by atoms with Crippen LogP contribution in [0.3, 0.4) is 0 Å². The highest BCUT2D eigenvalue weighted by Gasteiger charge is 2.24. The van der Waals surface area contributed by atoms with Crippen molar-refractivity contribution in [1.82, 2.24) is 10.3 Å². The minimum Gasteiger partial charge on any atom is -0.497 e. The Balaban J connectivity index is 1.69. The van der Waals surface area contributed by atoms with E-state index in [1.54, 1.807) is 7.11 Å². The van der Waals surface area contributed by atoms with Gasteiger partial charge in [-0.15, -0.1) is 11.3 Å². The maximum absolute atomic E-state index is 12.4. The van der Waals surface area contributed by atoms with Gasteiger partial charge in [0.05, 0.1) is 7.11 Å². The van der Waals surface area contributed by atoms with Crippen LogP contribution in [0.1, 0.15) is 43.1 Å². The van der Waals surface area contributed by atoms with Crippen LogP contribution in [0.5, 0.6) is 5.75 Å². The van der Waals surface area contributed by atoms with Gasteiger partial charge in [-0.2, -0.15) is 0 Å². The van der Waals surface area contributed by atoms with Crippen LogP contribution in [0.2, 0.25) is 0 Å². The molecule has 1 amide bonds. The molecule has 2 atom stereocenters. The van der Waals surface area contributed by atoms with Crippen LogP contribution >= 0.6 is 11.3 Å². The first-order chi connectivity index (χ1) is 11.2. The van der Waals surface area contributed by atoms with Gasteiger partial charge in [0.25, 0.3) is 5.91 Å². The molecule has 1 aromatic carbocycles. The van der Waals surface area contributed by atoms with Crippen LogP contribution in [-0.2, 0) is 0 Å². The molecule has 5 heteroatoms. The molecule has 2 aromatic rings. The molecule has 122 valence electrons. The Morgan fingerprint density at radius 2 is 2.00 bits per heavy atom. The van der Waals surface area contributed by atoms with Gasteiger partial charge in [-0.1, -0.05) is 19.8 Å². The first-order valence-electron chi connectivity index (χ1n) is 8.08. The fourth-order valence-electron chi connectivity index (χ4n) is 3.02. The minimum absolute atomic E-state index is 0.0558. The second-order valence-corrected chi connectivity index (χ2v) is 6.97. The van der Waals surface area contributed by atoms with E-state index in [1.807, 2.05) is 29.6 Å². The zero-order valence-electron chi connectivity index (χ0n) is 13.5. The number of benzene rings is 1. The molecule has 1 N–H and O–H groups in total. The summed E-state index contributed by atoms with van der Waals surface area (Å²) in [5.74, 6) is 1.31. The van der Waals surface area contributed by atoms with Gasteiger partial charge in [0.2, 0.25) is 0 Å². The fraction of sp³-hybridized carbons (Fsp3) is 0.444. The van der Waals surface area contributed by atoms with Crippen LogP contribution < -0.4 is 10.1 Å². The average Bonchev–Trinajstić information content (AvgIpc) is 3.07. The van der Waals surface area contributed by atoms with E-state index in [1.165, 1.54) is 30.6 Å². The lowest BCUT2D eigenvalue weighted by Gasteiger charge is -2.29. The van der Waals surface area contributed by atoms with Gasteiger partial charge in [-0.25, -0.2) is 4.98 Å². The van der Waals surface area contributed by atoms with E-state index in [4.69, 9.17) is 4.74 Å². The van der Waals surface area contributed by atoms with Gasteiger partial charge in [-0.3, -0.25) is 4.79 Å². The Labute approximate surface area is 140 Å². The van der Waals surface area contributed by atoms with Gasteiger partial charge in [0, 0.05) is 17.0 Å². The number of methoxy groups -OCH3 is 1. The molecule has 0 aliphatic heterocycles. The van der Waals surface area contributed by atoms with Crippen molar-refractivity contribution in [2.45, 2.75) is 38.6 Å². The van der Waals surface area contributed by atoms with Gasteiger partial charge in [0.1, 0.15) is 16.5 Å². The highest BCUT2D eigenvalue weighted by atomic mass is 32.1. The molecule has 0 spiro atoms. The van der Waals surface area contributed by atoms with Gasteiger partial charge in [-0.05, 0) is 43.0 Å². The summed E-state index contributed by atoms with van der Waals surface area (Å²) >= 11 is 1.49. The highest BCUT2D eigenvalue weighted by molar-refractivity contribution is 7.13. The molecule has 0 unspecified atom stereocenters. The smallest absolute Gasteiger partial charge is 0.271 e. The number of carbonyl (C=O) groups is 1. The summed E-state index contributed by atoms with van der Waals surface area (Å²) in [7, 11) is 1.65. The van der Waals surface area contributed by atoms with Gasteiger partial charge >= 0.3 is 0 Å². The second-order valence-electron chi connectivity index (χ2n) is 6.11. The van der Waals surface area contributed by atoms with E-state index in [9.17, 15) is 4.79 Å². The number of amides is 1. The molecule has 0 saturated heterocycles. The molecule has 0 radical (unpaired) electrons. The molecule has 0 bridgehead atoms. The van der Waals surface area contributed by atoms with E-state index in [2.05, 4.69) is 17.2 Å². The largest absolute Gasteiger partial charge is 0.497 e. The summed E-state index contributed by atoms with van der Waals surface area (Å²) in [6, 6.07) is 8.01. The third-order valence-electron chi connectivity index (χ3n) is 4.50. The molecule has 1 heterocycles. The topological polar surface area (TPSA) is 51.2 Å². The lowest BCUT2D eigenvalue weighted by atomic mass is 9.86. The lowest BCUT2D eigenvalue weighted by Crippen LogP contribution is -2.41. The molecule has 1 aliphatic carbocycles. The monoisotopic (exact) mass is 330 g/mol. The van der Waals surface area contributed by atoms with Gasteiger partial charge < -0.3 is 10.1 Å². The minimum atomic E-state index is -0.0558. The molecule has 23 heavy (non-hydrogen) atoms. The summed E-state index contributed by atoms with van der Waals surface area (Å²) in [6.07, 6.45) is 4.73. The molecule has 4 nitrogen and oxygen atoms in total. The van der Waals surface area contributed by atoms with E-state index in [-0.39, 0.29) is 11.9 Å². The van der Waals surface area contributed by atoms with Crippen molar-refractivity contribution in [2.75, 3.05) is 7.11 Å². The number of nitrogens with one attached hydrogen (secondary N) is 1. The van der Waals surface area contributed by atoms with E-state index >= 15 is 0 Å². The first-order valence-corrected chi connectivity index (χ1v) is 8.96. The van der Waals surface area contributed by atoms with Crippen molar-refractivity contribution in [3.8, 4) is 16.3 Å². The zero-order chi connectivity index (χ0) is 16.2. The van der Waals surface area contributed by atoms with Crippen molar-refractivity contribution in [2.24, 2.45) is 5.92 Å². The van der Waals surface area contributed by atoms with Crippen LogP contribution in [0.4, 0.5) is 0 Å². The third-order valence-corrected chi connectivity index (χ3v) is 5.39. The summed E-state index contributed by atoms with van der Waals surface area (Å²) in [5, 5.41) is 5.84. The number of thiazole rings is 1. The Hall–Kier alpha value is -1.88. The standard InChI is InChI=1S/C18H22N2O2S/c1-12-5-3-4-6-15(12)19-17(21)16-11-23-18(20-16)13-7-9-14(22-2)10-8-13/h7-12,15H,3-6H2,1-2H3,(H,19,21)/t12-,15-/m0/s1. The summed E-state index contributed by atoms with van der Waals surface area (Å²) in [4.78, 5) is 16.9. The highest BCUT2D eigenvalue weighted by Crippen LogP contribution is 2.27. The van der Waals surface area contributed by atoms with Gasteiger partial charge in [0.15, 0.2) is 0 Å². The summed E-state index contributed by atoms with van der Waals surface area (Å²) < 4.78 is 5.16. The quantitative estimate of drug-likeness (QED) is 0.917.